The number of nitrogens with zero attached hydrogens (tertiary/aromatic N) is 1. The molecule has 1 aliphatic carbocycles. The first-order valence-electron chi connectivity index (χ1n) is 6.74. The third-order valence-electron chi connectivity index (χ3n) is 3.54. The van der Waals surface area contributed by atoms with Gasteiger partial charge in [-0.05, 0) is 30.9 Å². The van der Waals surface area contributed by atoms with Gasteiger partial charge < -0.3 is 15.4 Å². The summed E-state index contributed by atoms with van der Waals surface area (Å²) in [4.78, 5) is 4.24. The predicted molar refractivity (Wildman–Crippen MR) is 94.0 cm³/mol. The molecule has 2 atom stereocenters. The monoisotopic (exact) mass is 389 g/mol. The van der Waals surface area contributed by atoms with Crippen LogP contribution in [0.1, 0.15) is 24.5 Å². The van der Waals surface area contributed by atoms with E-state index >= 15 is 0 Å². The molecule has 0 heterocycles. The van der Waals surface area contributed by atoms with E-state index in [1.54, 1.807) is 14.2 Å². The molecule has 2 unspecified atom stereocenters. The lowest BCUT2D eigenvalue weighted by molar-refractivity contribution is 0.408. The first-order valence-corrected chi connectivity index (χ1v) is 6.74. The molecule has 0 radical (unpaired) electrons. The van der Waals surface area contributed by atoms with Crippen LogP contribution < -0.4 is 15.4 Å². The zero-order chi connectivity index (χ0) is 13.8. The van der Waals surface area contributed by atoms with Gasteiger partial charge in [0, 0.05) is 25.2 Å². The fourth-order valence-electron chi connectivity index (χ4n) is 2.07. The largest absolute Gasteiger partial charge is 0.496 e. The van der Waals surface area contributed by atoms with E-state index in [0.29, 0.717) is 12.6 Å². The molecule has 2 N–H and O–H groups in total. The van der Waals surface area contributed by atoms with E-state index in [2.05, 4.69) is 47.7 Å². The van der Waals surface area contributed by atoms with Crippen molar-refractivity contribution in [2.45, 2.75) is 32.9 Å². The predicted octanol–water partition coefficient (Wildman–Crippen LogP) is 2.70. The Kier molecular flexibility index (Phi) is 6.58. The molecule has 1 fully saturated rings. The van der Waals surface area contributed by atoms with Gasteiger partial charge in [0.25, 0.3) is 0 Å². The van der Waals surface area contributed by atoms with Crippen molar-refractivity contribution < 1.29 is 4.74 Å². The van der Waals surface area contributed by atoms with Gasteiger partial charge in [0.2, 0.25) is 0 Å². The van der Waals surface area contributed by atoms with Gasteiger partial charge in [-0.25, -0.2) is 0 Å². The number of rotatable bonds is 4. The van der Waals surface area contributed by atoms with Crippen LogP contribution in [-0.2, 0) is 6.54 Å². The number of aliphatic imine (C=N–C) groups is 1. The normalized spacial score (nSPS) is 20.9. The molecule has 20 heavy (non-hydrogen) atoms. The molecule has 0 aliphatic heterocycles. The fraction of sp³-hybridized carbons (Fsp3) is 0.533. The van der Waals surface area contributed by atoms with Gasteiger partial charge in [-0.15, -0.1) is 24.0 Å². The minimum Gasteiger partial charge on any atom is -0.496 e. The third kappa shape index (κ3) is 4.54. The molecule has 2 rings (SSSR count). The summed E-state index contributed by atoms with van der Waals surface area (Å²) in [5, 5.41) is 6.74. The van der Waals surface area contributed by atoms with Crippen molar-refractivity contribution in [2.75, 3.05) is 14.2 Å². The van der Waals surface area contributed by atoms with Gasteiger partial charge in [0.1, 0.15) is 5.75 Å². The molecule has 0 spiro atoms. The standard InChI is InChI=1S/C15H23N3O.HI/c1-10-5-6-12(14(7-10)19-4)9-17-15(16-3)18-13-8-11(13)2;/h5-7,11,13H,8-9H2,1-4H3,(H2,16,17,18);1H. The topological polar surface area (TPSA) is 45.7 Å². The highest BCUT2D eigenvalue weighted by atomic mass is 127. The molecule has 1 saturated carbocycles. The summed E-state index contributed by atoms with van der Waals surface area (Å²) in [5.74, 6) is 2.53. The summed E-state index contributed by atoms with van der Waals surface area (Å²) in [6, 6.07) is 6.81. The number of nitrogens with one attached hydrogen (secondary N) is 2. The third-order valence-corrected chi connectivity index (χ3v) is 3.54. The Bertz CT molecular complexity index is 476. The van der Waals surface area contributed by atoms with E-state index in [0.717, 1.165) is 23.2 Å². The highest BCUT2D eigenvalue weighted by Crippen LogP contribution is 2.28. The second-order valence-electron chi connectivity index (χ2n) is 5.20. The van der Waals surface area contributed by atoms with Crippen LogP contribution in [0.3, 0.4) is 0 Å². The Morgan fingerprint density at radius 1 is 1.45 bits per heavy atom. The Morgan fingerprint density at radius 2 is 2.15 bits per heavy atom. The molecular formula is C15H24IN3O. The zero-order valence-electron chi connectivity index (χ0n) is 12.6. The van der Waals surface area contributed by atoms with Crippen molar-refractivity contribution in [3.05, 3.63) is 29.3 Å². The summed E-state index contributed by atoms with van der Waals surface area (Å²) in [7, 11) is 3.51. The summed E-state index contributed by atoms with van der Waals surface area (Å²) >= 11 is 0. The summed E-state index contributed by atoms with van der Waals surface area (Å²) in [6.45, 7) is 5.02. The molecule has 1 aromatic rings. The smallest absolute Gasteiger partial charge is 0.191 e. The van der Waals surface area contributed by atoms with Gasteiger partial charge in [0.15, 0.2) is 5.96 Å². The molecule has 0 bridgehead atoms. The van der Waals surface area contributed by atoms with Crippen LogP contribution in [0, 0.1) is 12.8 Å². The minimum absolute atomic E-state index is 0. The Balaban J connectivity index is 0.00000200. The first-order chi connectivity index (χ1) is 9.13. The number of methoxy groups -OCH3 is 1. The lowest BCUT2D eigenvalue weighted by Gasteiger charge is -2.14. The molecule has 1 aromatic carbocycles. The average molecular weight is 389 g/mol. The van der Waals surface area contributed by atoms with Crippen LogP contribution in [0.4, 0.5) is 0 Å². The van der Waals surface area contributed by atoms with Crippen molar-refractivity contribution in [3.63, 3.8) is 0 Å². The van der Waals surface area contributed by atoms with Crippen molar-refractivity contribution in [3.8, 4) is 5.75 Å². The maximum absolute atomic E-state index is 5.40. The van der Waals surface area contributed by atoms with E-state index in [-0.39, 0.29) is 24.0 Å². The lowest BCUT2D eigenvalue weighted by Crippen LogP contribution is -2.38. The van der Waals surface area contributed by atoms with E-state index in [9.17, 15) is 0 Å². The number of benzene rings is 1. The van der Waals surface area contributed by atoms with Crippen molar-refractivity contribution >= 4 is 29.9 Å². The summed E-state index contributed by atoms with van der Waals surface area (Å²) in [6.07, 6.45) is 1.23. The second kappa shape index (κ2) is 7.71. The molecule has 0 saturated heterocycles. The quantitative estimate of drug-likeness (QED) is 0.473. The van der Waals surface area contributed by atoms with Crippen molar-refractivity contribution in [2.24, 2.45) is 10.9 Å². The zero-order valence-corrected chi connectivity index (χ0v) is 14.9. The van der Waals surface area contributed by atoms with Gasteiger partial charge in [-0.1, -0.05) is 19.1 Å². The van der Waals surface area contributed by atoms with Crippen LogP contribution in [-0.4, -0.2) is 26.2 Å². The maximum atomic E-state index is 5.40. The second-order valence-corrected chi connectivity index (χ2v) is 5.20. The fourth-order valence-corrected chi connectivity index (χ4v) is 2.07. The maximum Gasteiger partial charge on any atom is 0.191 e. The highest BCUT2D eigenvalue weighted by molar-refractivity contribution is 14.0. The first kappa shape index (κ1) is 17.1. The van der Waals surface area contributed by atoms with Crippen molar-refractivity contribution in [1.82, 2.24) is 10.6 Å². The van der Waals surface area contributed by atoms with Gasteiger partial charge in [-0.2, -0.15) is 0 Å². The lowest BCUT2D eigenvalue weighted by atomic mass is 10.1. The van der Waals surface area contributed by atoms with E-state index < -0.39 is 0 Å². The molecule has 0 amide bonds. The number of aryl methyl sites for hydroxylation is 1. The highest BCUT2D eigenvalue weighted by Gasteiger charge is 2.33. The van der Waals surface area contributed by atoms with Crippen LogP contribution in [0.2, 0.25) is 0 Å². The van der Waals surface area contributed by atoms with Crippen LogP contribution in [0.5, 0.6) is 5.75 Å². The summed E-state index contributed by atoms with van der Waals surface area (Å²) in [5.41, 5.74) is 2.34. The molecule has 5 heteroatoms. The number of guanidine groups is 1. The van der Waals surface area contributed by atoms with E-state index in [1.165, 1.54) is 12.0 Å². The molecular weight excluding hydrogens is 365 g/mol. The van der Waals surface area contributed by atoms with Gasteiger partial charge in [-0.3, -0.25) is 4.99 Å². The Hall–Kier alpha value is -0.980. The molecule has 4 nitrogen and oxygen atoms in total. The number of ether oxygens (including phenoxy) is 1. The minimum atomic E-state index is 0. The summed E-state index contributed by atoms with van der Waals surface area (Å²) < 4.78 is 5.40. The molecule has 0 aromatic heterocycles. The number of hydrogen-bond donors (Lipinski definition) is 2. The Labute approximate surface area is 138 Å². The van der Waals surface area contributed by atoms with Crippen LogP contribution >= 0.6 is 24.0 Å². The SMILES string of the molecule is CN=C(NCc1ccc(C)cc1OC)NC1CC1C.I. The van der Waals surface area contributed by atoms with Gasteiger partial charge in [0.05, 0.1) is 7.11 Å². The van der Waals surface area contributed by atoms with Crippen molar-refractivity contribution in [1.29, 1.82) is 0 Å². The number of hydrogen-bond acceptors (Lipinski definition) is 2. The molecule has 1 aliphatic rings. The number of halogens is 1. The average Bonchev–Trinajstić information content (AvgIpc) is 3.10. The molecule has 112 valence electrons. The van der Waals surface area contributed by atoms with Crippen LogP contribution in [0.25, 0.3) is 0 Å². The Morgan fingerprint density at radius 3 is 2.70 bits per heavy atom. The van der Waals surface area contributed by atoms with E-state index in [1.807, 2.05) is 0 Å². The van der Waals surface area contributed by atoms with Crippen LogP contribution in [0.15, 0.2) is 23.2 Å². The van der Waals surface area contributed by atoms with E-state index in [4.69, 9.17) is 4.74 Å². The van der Waals surface area contributed by atoms with Gasteiger partial charge >= 0.3 is 0 Å².